The van der Waals surface area contributed by atoms with Crippen molar-refractivity contribution >= 4 is 23.6 Å². The lowest BCUT2D eigenvalue weighted by Crippen LogP contribution is -2.50. The minimum absolute atomic E-state index is 0.0515. The van der Waals surface area contributed by atoms with Gasteiger partial charge in [0, 0.05) is 43.6 Å². The second-order valence-electron chi connectivity index (χ2n) is 7.51. The van der Waals surface area contributed by atoms with Crippen LogP contribution in [0.5, 0.6) is 0 Å². The average molecular weight is 419 g/mol. The third-order valence-electron chi connectivity index (χ3n) is 5.22. The lowest BCUT2D eigenvalue weighted by molar-refractivity contribution is -0.132. The van der Waals surface area contributed by atoms with Gasteiger partial charge >= 0.3 is 0 Å². The van der Waals surface area contributed by atoms with E-state index in [1.54, 1.807) is 29.1 Å². The molecule has 3 aromatic rings. The van der Waals surface area contributed by atoms with Gasteiger partial charge in [0.15, 0.2) is 0 Å². The van der Waals surface area contributed by atoms with E-state index in [9.17, 15) is 9.59 Å². The van der Waals surface area contributed by atoms with Crippen molar-refractivity contribution in [3.05, 3.63) is 65.6 Å². The second-order valence-corrected chi connectivity index (χ2v) is 7.51. The van der Waals surface area contributed by atoms with Gasteiger partial charge in [-0.15, -0.1) is 0 Å². The molecule has 0 atom stereocenters. The standard InChI is InChI=1S/C22H25N7O2/c1-16-14-17(2)29(26-16)15-20(30)27-10-12-28(13-11-27)22-23-9-8-19(25-22)24-21(31)18-6-4-3-5-7-18/h3-9,14H,10-13,15H2,1-2H3,(H,23,24,25,31). The Labute approximate surface area is 180 Å². The summed E-state index contributed by atoms with van der Waals surface area (Å²) in [6, 6.07) is 12.6. The maximum absolute atomic E-state index is 12.7. The van der Waals surface area contributed by atoms with Crippen LogP contribution in [0.2, 0.25) is 0 Å². The minimum Gasteiger partial charge on any atom is -0.338 e. The lowest BCUT2D eigenvalue weighted by Gasteiger charge is -2.34. The molecule has 1 saturated heterocycles. The van der Waals surface area contributed by atoms with Crippen molar-refractivity contribution in [3.63, 3.8) is 0 Å². The number of carbonyl (C=O) groups excluding carboxylic acids is 2. The van der Waals surface area contributed by atoms with E-state index in [-0.39, 0.29) is 18.4 Å². The van der Waals surface area contributed by atoms with Crippen molar-refractivity contribution in [3.8, 4) is 0 Å². The zero-order valence-electron chi connectivity index (χ0n) is 17.7. The Bertz CT molecular complexity index is 1070. The Morgan fingerprint density at radius 3 is 2.45 bits per heavy atom. The first-order chi connectivity index (χ1) is 15.0. The van der Waals surface area contributed by atoms with E-state index in [1.165, 1.54) is 0 Å². The molecule has 3 heterocycles. The number of nitrogens with one attached hydrogen (secondary N) is 1. The summed E-state index contributed by atoms with van der Waals surface area (Å²) in [6.07, 6.45) is 1.63. The molecule has 1 aromatic carbocycles. The number of carbonyl (C=O) groups is 2. The molecule has 9 nitrogen and oxygen atoms in total. The molecule has 0 unspecified atom stereocenters. The Morgan fingerprint density at radius 2 is 1.77 bits per heavy atom. The number of nitrogens with zero attached hydrogens (tertiary/aromatic N) is 6. The number of piperazine rings is 1. The number of benzene rings is 1. The molecule has 0 radical (unpaired) electrons. The summed E-state index contributed by atoms with van der Waals surface area (Å²) in [4.78, 5) is 37.7. The van der Waals surface area contributed by atoms with Gasteiger partial charge in [0.05, 0.1) is 5.69 Å². The summed E-state index contributed by atoms with van der Waals surface area (Å²) in [5.41, 5.74) is 2.45. The van der Waals surface area contributed by atoms with Crippen molar-refractivity contribution in [2.24, 2.45) is 0 Å². The van der Waals surface area contributed by atoms with E-state index in [2.05, 4.69) is 20.4 Å². The Kier molecular flexibility index (Phi) is 5.92. The fourth-order valence-corrected chi connectivity index (χ4v) is 3.57. The summed E-state index contributed by atoms with van der Waals surface area (Å²) < 4.78 is 1.74. The molecule has 1 aliphatic heterocycles. The lowest BCUT2D eigenvalue weighted by atomic mass is 10.2. The first kappa shape index (κ1) is 20.5. The van der Waals surface area contributed by atoms with E-state index >= 15 is 0 Å². The fraction of sp³-hybridized carbons (Fsp3) is 0.318. The highest BCUT2D eigenvalue weighted by Gasteiger charge is 2.23. The smallest absolute Gasteiger partial charge is 0.256 e. The quantitative estimate of drug-likeness (QED) is 0.679. The van der Waals surface area contributed by atoms with Crippen LogP contribution in [-0.2, 0) is 11.3 Å². The second kappa shape index (κ2) is 8.95. The Balaban J connectivity index is 1.34. The predicted octanol–water partition coefficient (Wildman–Crippen LogP) is 1.89. The van der Waals surface area contributed by atoms with E-state index in [0.29, 0.717) is 43.5 Å². The number of amides is 2. The largest absolute Gasteiger partial charge is 0.338 e. The summed E-state index contributed by atoms with van der Waals surface area (Å²) in [5, 5.41) is 7.18. The number of rotatable bonds is 5. The van der Waals surface area contributed by atoms with Crippen molar-refractivity contribution in [1.29, 1.82) is 0 Å². The van der Waals surface area contributed by atoms with Gasteiger partial charge in [0.2, 0.25) is 11.9 Å². The average Bonchev–Trinajstić information content (AvgIpc) is 3.11. The van der Waals surface area contributed by atoms with Gasteiger partial charge in [0.25, 0.3) is 5.91 Å². The van der Waals surface area contributed by atoms with Gasteiger partial charge in [0.1, 0.15) is 12.4 Å². The van der Waals surface area contributed by atoms with Gasteiger partial charge in [-0.1, -0.05) is 18.2 Å². The molecule has 31 heavy (non-hydrogen) atoms. The highest BCUT2D eigenvalue weighted by molar-refractivity contribution is 6.03. The zero-order chi connectivity index (χ0) is 21.8. The third kappa shape index (κ3) is 4.88. The van der Waals surface area contributed by atoms with Gasteiger partial charge < -0.3 is 15.1 Å². The van der Waals surface area contributed by atoms with Crippen LogP contribution in [0.1, 0.15) is 21.7 Å². The van der Waals surface area contributed by atoms with E-state index in [1.807, 2.05) is 47.9 Å². The first-order valence-electron chi connectivity index (χ1n) is 10.2. The van der Waals surface area contributed by atoms with Crippen LogP contribution >= 0.6 is 0 Å². The van der Waals surface area contributed by atoms with Crippen LogP contribution in [0.4, 0.5) is 11.8 Å². The van der Waals surface area contributed by atoms with Gasteiger partial charge in [-0.3, -0.25) is 14.3 Å². The topological polar surface area (TPSA) is 96.2 Å². The highest BCUT2D eigenvalue weighted by Crippen LogP contribution is 2.15. The normalized spacial score (nSPS) is 13.9. The molecule has 160 valence electrons. The van der Waals surface area contributed by atoms with Crippen LogP contribution in [0.15, 0.2) is 48.7 Å². The van der Waals surface area contributed by atoms with Crippen LogP contribution in [-0.4, -0.2) is 62.6 Å². The molecule has 0 saturated carbocycles. The predicted molar refractivity (Wildman–Crippen MR) is 117 cm³/mol. The molecule has 0 aliphatic carbocycles. The van der Waals surface area contributed by atoms with Crippen molar-refractivity contribution in [1.82, 2.24) is 24.6 Å². The number of aromatic nitrogens is 4. The van der Waals surface area contributed by atoms with Crippen LogP contribution < -0.4 is 10.2 Å². The maximum atomic E-state index is 12.7. The number of hydrogen-bond acceptors (Lipinski definition) is 6. The first-order valence-corrected chi connectivity index (χ1v) is 10.2. The molecule has 0 bridgehead atoms. The maximum Gasteiger partial charge on any atom is 0.256 e. The highest BCUT2D eigenvalue weighted by atomic mass is 16.2. The third-order valence-corrected chi connectivity index (χ3v) is 5.22. The monoisotopic (exact) mass is 419 g/mol. The fourth-order valence-electron chi connectivity index (χ4n) is 3.57. The zero-order valence-corrected chi connectivity index (χ0v) is 17.7. The molecule has 0 spiro atoms. The molecule has 2 amide bonds. The molecule has 9 heteroatoms. The van der Waals surface area contributed by atoms with E-state index in [4.69, 9.17) is 0 Å². The number of aryl methyl sites for hydroxylation is 2. The van der Waals surface area contributed by atoms with Gasteiger partial charge in [-0.2, -0.15) is 10.1 Å². The summed E-state index contributed by atoms with van der Waals surface area (Å²) in [7, 11) is 0. The number of anilines is 2. The molecular weight excluding hydrogens is 394 g/mol. The van der Waals surface area contributed by atoms with Crippen LogP contribution in [0.25, 0.3) is 0 Å². The molecular formula is C22H25N7O2. The summed E-state index contributed by atoms with van der Waals surface area (Å²) in [5.74, 6) is 0.818. The van der Waals surface area contributed by atoms with E-state index < -0.39 is 0 Å². The van der Waals surface area contributed by atoms with Gasteiger partial charge in [-0.25, -0.2) is 4.98 Å². The number of hydrogen-bond donors (Lipinski definition) is 1. The Hall–Kier alpha value is -3.75. The Morgan fingerprint density at radius 1 is 1.03 bits per heavy atom. The van der Waals surface area contributed by atoms with Crippen molar-refractivity contribution < 1.29 is 9.59 Å². The molecule has 1 N–H and O–H groups in total. The summed E-state index contributed by atoms with van der Waals surface area (Å²) >= 11 is 0. The summed E-state index contributed by atoms with van der Waals surface area (Å²) in [6.45, 7) is 6.54. The molecule has 4 rings (SSSR count). The molecule has 1 aliphatic rings. The van der Waals surface area contributed by atoms with Crippen molar-refractivity contribution in [2.75, 3.05) is 36.4 Å². The van der Waals surface area contributed by atoms with Crippen LogP contribution in [0.3, 0.4) is 0 Å². The van der Waals surface area contributed by atoms with Crippen LogP contribution in [0, 0.1) is 13.8 Å². The van der Waals surface area contributed by atoms with Gasteiger partial charge in [-0.05, 0) is 38.1 Å². The van der Waals surface area contributed by atoms with Crippen molar-refractivity contribution in [2.45, 2.75) is 20.4 Å². The minimum atomic E-state index is -0.218. The molecule has 1 fully saturated rings. The van der Waals surface area contributed by atoms with E-state index in [0.717, 1.165) is 11.4 Å². The SMILES string of the molecule is Cc1cc(C)n(CC(=O)N2CCN(c3nccc(NC(=O)c4ccccc4)n3)CC2)n1. The molecule has 2 aromatic heterocycles.